The molecule has 0 aliphatic rings. The Morgan fingerprint density at radius 2 is 1.77 bits per heavy atom. The predicted octanol–water partition coefficient (Wildman–Crippen LogP) is 5.82. The lowest BCUT2D eigenvalue weighted by Gasteiger charge is -2.10. The summed E-state index contributed by atoms with van der Waals surface area (Å²) in [5, 5.41) is 4.33. The van der Waals surface area contributed by atoms with Gasteiger partial charge in [0.1, 0.15) is 5.75 Å². The highest BCUT2D eigenvalue weighted by Gasteiger charge is 2.06. The van der Waals surface area contributed by atoms with Crippen molar-refractivity contribution in [3.05, 3.63) is 59.2 Å². The minimum absolute atomic E-state index is 0.761. The number of unbranched alkanes of at least 4 members (excludes halogenated alkanes) is 3. The molecular weight excluding hydrogens is 388 g/mol. The second-order valence-electron chi connectivity index (χ2n) is 6.41. The lowest BCUT2D eigenvalue weighted by molar-refractivity contribution is 0.305. The molecule has 3 aromatic rings. The molecule has 0 amide bonds. The molecule has 0 saturated heterocycles. The summed E-state index contributed by atoms with van der Waals surface area (Å²) >= 11 is 3.49. The number of halogens is 1. The van der Waals surface area contributed by atoms with Crippen molar-refractivity contribution in [3.8, 4) is 16.9 Å². The highest BCUT2D eigenvalue weighted by Crippen LogP contribution is 2.30. The molecule has 26 heavy (non-hydrogen) atoms. The fourth-order valence-corrected chi connectivity index (χ4v) is 3.31. The summed E-state index contributed by atoms with van der Waals surface area (Å²) in [5.74, 6) is 0.896. The normalized spacial score (nSPS) is 11.0. The van der Waals surface area contributed by atoms with Crippen LogP contribution in [0, 0.1) is 0 Å². The van der Waals surface area contributed by atoms with E-state index in [-0.39, 0.29) is 0 Å². The summed E-state index contributed by atoms with van der Waals surface area (Å²) in [6.07, 6.45) is 6.65. The standard InChI is InChI=1S/C22H25BrN2O/c1-24-13-4-2-3-5-15-26-19-10-11-21-20(12-14-25-22(21)16-19)17-6-8-18(23)9-7-17/h6-12,14,16,24H,2-5,13,15H2,1H3. The fourth-order valence-electron chi connectivity index (χ4n) is 3.05. The van der Waals surface area contributed by atoms with Gasteiger partial charge in [-0.3, -0.25) is 4.98 Å². The van der Waals surface area contributed by atoms with E-state index in [0.717, 1.165) is 40.7 Å². The third-order valence-corrected chi connectivity index (χ3v) is 4.99. The molecule has 0 bridgehead atoms. The number of pyridine rings is 1. The van der Waals surface area contributed by atoms with Crippen molar-refractivity contribution in [2.75, 3.05) is 20.2 Å². The molecule has 0 aliphatic heterocycles. The van der Waals surface area contributed by atoms with E-state index in [4.69, 9.17) is 4.74 Å². The highest BCUT2D eigenvalue weighted by atomic mass is 79.9. The van der Waals surface area contributed by atoms with Crippen molar-refractivity contribution >= 4 is 26.8 Å². The third-order valence-electron chi connectivity index (χ3n) is 4.46. The zero-order chi connectivity index (χ0) is 18.2. The van der Waals surface area contributed by atoms with Crippen molar-refractivity contribution in [1.82, 2.24) is 10.3 Å². The molecule has 1 N–H and O–H groups in total. The van der Waals surface area contributed by atoms with Crippen LogP contribution in [0.2, 0.25) is 0 Å². The summed E-state index contributed by atoms with van der Waals surface area (Å²) in [5.41, 5.74) is 3.35. The second kappa shape index (κ2) is 9.70. The molecule has 0 atom stereocenters. The van der Waals surface area contributed by atoms with Crippen LogP contribution in [0.15, 0.2) is 59.2 Å². The third kappa shape index (κ3) is 5.05. The molecule has 3 nitrogen and oxygen atoms in total. The predicted molar refractivity (Wildman–Crippen MR) is 113 cm³/mol. The molecule has 0 saturated carbocycles. The first-order valence-corrected chi connectivity index (χ1v) is 9.99. The average Bonchev–Trinajstić information content (AvgIpc) is 2.67. The second-order valence-corrected chi connectivity index (χ2v) is 7.33. The van der Waals surface area contributed by atoms with Gasteiger partial charge in [0.05, 0.1) is 12.1 Å². The van der Waals surface area contributed by atoms with Crippen molar-refractivity contribution in [2.45, 2.75) is 25.7 Å². The number of aromatic nitrogens is 1. The molecule has 4 heteroatoms. The molecule has 0 unspecified atom stereocenters. The number of hydrogen-bond acceptors (Lipinski definition) is 3. The van der Waals surface area contributed by atoms with Crippen molar-refractivity contribution in [1.29, 1.82) is 0 Å². The molecule has 0 spiro atoms. The number of rotatable bonds is 9. The number of ether oxygens (including phenoxy) is 1. The minimum atomic E-state index is 0.761. The summed E-state index contributed by atoms with van der Waals surface area (Å²) < 4.78 is 7.00. The summed E-state index contributed by atoms with van der Waals surface area (Å²) in [4.78, 5) is 4.53. The molecular formula is C22H25BrN2O. The maximum atomic E-state index is 5.92. The fraction of sp³-hybridized carbons (Fsp3) is 0.318. The Bertz CT molecular complexity index is 833. The molecule has 136 valence electrons. The SMILES string of the molecule is CNCCCCCCOc1ccc2c(-c3ccc(Br)cc3)ccnc2c1. The number of benzene rings is 2. The Balaban J connectivity index is 1.65. The quantitative estimate of drug-likeness (QED) is 0.449. The lowest BCUT2D eigenvalue weighted by atomic mass is 10.0. The number of nitrogens with one attached hydrogen (secondary N) is 1. The molecule has 0 radical (unpaired) electrons. The maximum absolute atomic E-state index is 5.92. The van der Waals surface area contributed by atoms with Crippen LogP contribution in [0.25, 0.3) is 22.0 Å². The Morgan fingerprint density at radius 3 is 2.58 bits per heavy atom. The monoisotopic (exact) mass is 412 g/mol. The van der Waals surface area contributed by atoms with Crippen molar-refractivity contribution in [2.24, 2.45) is 0 Å². The van der Waals surface area contributed by atoms with E-state index in [9.17, 15) is 0 Å². The topological polar surface area (TPSA) is 34.1 Å². The Kier molecular flexibility index (Phi) is 7.04. The Hall–Kier alpha value is -1.91. The van der Waals surface area contributed by atoms with Crippen molar-refractivity contribution < 1.29 is 4.74 Å². The first kappa shape index (κ1) is 18.9. The van der Waals surface area contributed by atoms with Gasteiger partial charge in [0.2, 0.25) is 0 Å². The van der Waals surface area contributed by atoms with Crippen LogP contribution in [0.3, 0.4) is 0 Å². The maximum Gasteiger partial charge on any atom is 0.121 e. The van der Waals surface area contributed by atoms with Gasteiger partial charge in [-0.2, -0.15) is 0 Å². The van der Waals surface area contributed by atoms with Crippen LogP contribution in [0.4, 0.5) is 0 Å². The van der Waals surface area contributed by atoms with Gasteiger partial charge in [-0.15, -0.1) is 0 Å². The van der Waals surface area contributed by atoms with Gasteiger partial charge >= 0.3 is 0 Å². The van der Waals surface area contributed by atoms with Gasteiger partial charge in [-0.05, 0) is 67.9 Å². The summed E-state index contributed by atoms with van der Waals surface area (Å²) in [7, 11) is 2.00. The first-order chi connectivity index (χ1) is 12.8. The van der Waals surface area contributed by atoms with Gasteiger partial charge in [-0.25, -0.2) is 0 Å². The average molecular weight is 413 g/mol. The van der Waals surface area contributed by atoms with Crippen LogP contribution < -0.4 is 10.1 Å². The number of hydrogen-bond donors (Lipinski definition) is 1. The van der Waals surface area contributed by atoms with Gasteiger partial charge < -0.3 is 10.1 Å². The van der Waals surface area contributed by atoms with Crippen LogP contribution in [0.5, 0.6) is 5.75 Å². The smallest absolute Gasteiger partial charge is 0.121 e. The molecule has 1 aromatic heterocycles. The van der Waals surface area contributed by atoms with Gasteiger partial charge in [-0.1, -0.05) is 40.9 Å². The summed E-state index contributed by atoms with van der Waals surface area (Å²) in [6, 6.07) is 16.6. The Labute approximate surface area is 163 Å². The van der Waals surface area contributed by atoms with E-state index in [1.54, 1.807) is 0 Å². The van der Waals surface area contributed by atoms with E-state index in [0.29, 0.717) is 0 Å². The summed E-state index contributed by atoms with van der Waals surface area (Å²) in [6.45, 7) is 1.86. The van der Waals surface area contributed by atoms with Gasteiger partial charge in [0.25, 0.3) is 0 Å². The minimum Gasteiger partial charge on any atom is -0.494 e. The molecule has 2 aromatic carbocycles. The lowest BCUT2D eigenvalue weighted by Crippen LogP contribution is -2.07. The molecule has 3 rings (SSSR count). The highest BCUT2D eigenvalue weighted by molar-refractivity contribution is 9.10. The first-order valence-electron chi connectivity index (χ1n) is 9.20. The molecule has 0 aliphatic carbocycles. The number of nitrogens with zero attached hydrogens (tertiary/aromatic N) is 1. The van der Waals surface area contributed by atoms with Crippen molar-refractivity contribution in [3.63, 3.8) is 0 Å². The zero-order valence-electron chi connectivity index (χ0n) is 15.2. The van der Waals surface area contributed by atoms with Crippen LogP contribution in [0.1, 0.15) is 25.7 Å². The van der Waals surface area contributed by atoms with Crippen LogP contribution in [-0.2, 0) is 0 Å². The van der Waals surface area contributed by atoms with E-state index in [1.807, 2.05) is 25.4 Å². The van der Waals surface area contributed by atoms with Crippen LogP contribution in [-0.4, -0.2) is 25.2 Å². The van der Waals surface area contributed by atoms with E-state index in [1.165, 1.54) is 30.4 Å². The van der Waals surface area contributed by atoms with E-state index >= 15 is 0 Å². The van der Waals surface area contributed by atoms with Gasteiger partial charge in [0, 0.05) is 22.1 Å². The molecule has 1 heterocycles. The number of fused-ring (bicyclic) bond motifs is 1. The zero-order valence-corrected chi connectivity index (χ0v) is 16.8. The largest absolute Gasteiger partial charge is 0.494 e. The Morgan fingerprint density at radius 1 is 0.962 bits per heavy atom. The van der Waals surface area contributed by atoms with E-state index < -0.39 is 0 Å². The van der Waals surface area contributed by atoms with Crippen LogP contribution >= 0.6 is 15.9 Å². The van der Waals surface area contributed by atoms with E-state index in [2.05, 4.69) is 62.6 Å². The van der Waals surface area contributed by atoms with Gasteiger partial charge in [0.15, 0.2) is 0 Å². The molecule has 0 fully saturated rings.